The molecule has 2 saturated heterocycles. The molecule has 2 N–H and O–H groups in total. The number of hydrogen-bond donors (Lipinski definition) is 2. The van der Waals surface area contributed by atoms with Crippen LogP contribution in [0.1, 0.15) is 26.7 Å². The van der Waals surface area contributed by atoms with E-state index in [1.54, 1.807) is 0 Å². The van der Waals surface area contributed by atoms with Crippen LogP contribution in [0, 0.1) is 11.8 Å². The lowest BCUT2D eigenvalue weighted by Gasteiger charge is -2.21. The molecule has 0 aliphatic carbocycles. The highest BCUT2D eigenvalue weighted by Crippen LogP contribution is 2.20. The lowest BCUT2D eigenvalue weighted by molar-refractivity contribution is -0.125. The highest BCUT2D eigenvalue weighted by Gasteiger charge is 2.30. The van der Waals surface area contributed by atoms with Crippen molar-refractivity contribution in [2.75, 3.05) is 19.7 Å². The van der Waals surface area contributed by atoms with Crippen molar-refractivity contribution in [1.82, 2.24) is 10.6 Å². The molecule has 4 heteroatoms. The summed E-state index contributed by atoms with van der Waals surface area (Å²) in [4.78, 5) is 11.9. The average molecular weight is 226 g/mol. The largest absolute Gasteiger partial charge is 0.378 e. The fourth-order valence-electron chi connectivity index (χ4n) is 2.56. The number of nitrogens with one attached hydrogen (secondary N) is 2. The minimum absolute atomic E-state index is 0.0619. The SMILES string of the molecule is CC1CC(C(=O)NC(C)C2CCNC2)CO1. The molecule has 2 aliphatic heterocycles. The molecule has 4 nitrogen and oxygen atoms in total. The molecule has 4 atom stereocenters. The average Bonchev–Trinajstić information content (AvgIpc) is 2.87. The Morgan fingerprint density at radius 3 is 2.94 bits per heavy atom. The van der Waals surface area contributed by atoms with Crippen molar-refractivity contribution in [3.05, 3.63) is 0 Å². The summed E-state index contributed by atoms with van der Waals surface area (Å²) in [5.41, 5.74) is 0. The second kappa shape index (κ2) is 5.15. The van der Waals surface area contributed by atoms with Gasteiger partial charge in [-0.15, -0.1) is 0 Å². The Morgan fingerprint density at radius 2 is 2.38 bits per heavy atom. The summed E-state index contributed by atoms with van der Waals surface area (Å²) in [5, 5.41) is 6.45. The van der Waals surface area contributed by atoms with E-state index < -0.39 is 0 Å². The van der Waals surface area contributed by atoms with E-state index >= 15 is 0 Å². The zero-order valence-corrected chi connectivity index (χ0v) is 10.2. The number of rotatable bonds is 3. The van der Waals surface area contributed by atoms with Crippen LogP contribution >= 0.6 is 0 Å². The summed E-state index contributed by atoms with van der Waals surface area (Å²) in [6.07, 6.45) is 2.26. The molecule has 0 radical (unpaired) electrons. The lowest BCUT2D eigenvalue weighted by Crippen LogP contribution is -2.42. The molecular weight excluding hydrogens is 204 g/mol. The Morgan fingerprint density at radius 1 is 1.56 bits per heavy atom. The molecule has 2 fully saturated rings. The zero-order valence-electron chi connectivity index (χ0n) is 10.2. The van der Waals surface area contributed by atoms with Crippen molar-refractivity contribution in [3.8, 4) is 0 Å². The Kier molecular flexibility index (Phi) is 3.82. The maximum absolute atomic E-state index is 11.9. The molecule has 0 aromatic carbocycles. The van der Waals surface area contributed by atoms with E-state index in [4.69, 9.17) is 4.74 Å². The van der Waals surface area contributed by atoms with Crippen molar-refractivity contribution in [2.45, 2.75) is 38.8 Å². The highest BCUT2D eigenvalue weighted by atomic mass is 16.5. The predicted octanol–water partition coefficient (Wildman–Crippen LogP) is 0.526. The van der Waals surface area contributed by atoms with Crippen LogP contribution in [-0.2, 0) is 9.53 Å². The van der Waals surface area contributed by atoms with Gasteiger partial charge in [0.05, 0.1) is 18.6 Å². The molecule has 92 valence electrons. The number of hydrogen-bond acceptors (Lipinski definition) is 3. The predicted molar refractivity (Wildman–Crippen MR) is 62.1 cm³/mol. The third-order valence-corrected chi connectivity index (χ3v) is 3.74. The van der Waals surface area contributed by atoms with Gasteiger partial charge < -0.3 is 15.4 Å². The second-order valence-electron chi connectivity index (χ2n) is 5.13. The summed E-state index contributed by atoms with van der Waals surface area (Å²) < 4.78 is 5.42. The summed E-state index contributed by atoms with van der Waals surface area (Å²) >= 11 is 0. The maximum Gasteiger partial charge on any atom is 0.225 e. The van der Waals surface area contributed by atoms with Crippen LogP contribution in [0.25, 0.3) is 0 Å². The molecule has 2 heterocycles. The fourth-order valence-corrected chi connectivity index (χ4v) is 2.56. The van der Waals surface area contributed by atoms with Crippen LogP contribution in [0.5, 0.6) is 0 Å². The van der Waals surface area contributed by atoms with Crippen LogP contribution in [0.3, 0.4) is 0 Å². The van der Waals surface area contributed by atoms with Gasteiger partial charge in [0.25, 0.3) is 0 Å². The van der Waals surface area contributed by atoms with Gasteiger partial charge in [0.1, 0.15) is 0 Å². The summed E-state index contributed by atoms with van der Waals surface area (Å²) in [6.45, 7) is 6.82. The van der Waals surface area contributed by atoms with E-state index in [-0.39, 0.29) is 24.0 Å². The standard InChI is InChI=1S/C12H22N2O2/c1-8-5-11(7-16-8)12(15)14-9(2)10-3-4-13-6-10/h8-11,13H,3-7H2,1-2H3,(H,14,15). The fraction of sp³-hybridized carbons (Fsp3) is 0.917. The first-order chi connectivity index (χ1) is 7.66. The van der Waals surface area contributed by atoms with Crippen molar-refractivity contribution < 1.29 is 9.53 Å². The van der Waals surface area contributed by atoms with Crippen molar-refractivity contribution >= 4 is 5.91 Å². The van der Waals surface area contributed by atoms with Crippen LogP contribution in [0.4, 0.5) is 0 Å². The van der Waals surface area contributed by atoms with Crippen LogP contribution in [0.2, 0.25) is 0 Å². The molecule has 0 spiro atoms. The van der Waals surface area contributed by atoms with Crippen molar-refractivity contribution in [2.24, 2.45) is 11.8 Å². The Labute approximate surface area is 97.1 Å². The zero-order chi connectivity index (χ0) is 11.5. The molecule has 2 aliphatic rings. The summed E-state index contributed by atoms with van der Waals surface area (Å²) in [7, 11) is 0. The quantitative estimate of drug-likeness (QED) is 0.738. The smallest absolute Gasteiger partial charge is 0.225 e. The molecule has 2 rings (SSSR count). The van der Waals surface area contributed by atoms with Gasteiger partial charge in [0, 0.05) is 6.04 Å². The Balaban J connectivity index is 1.77. The van der Waals surface area contributed by atoms with E-state index in [0.29, 0.717) is 12.5 Å². The van der Waals surface area contributed by atoms with Crippen molar-refractivity contribution in [1.29, 1.82) is 0 Å². The van der Waals surface area contributed by atoms with E-state index in [9.17, 15) is 4.79 Å². The summed E-state index contributed by atoms with van der Waals surface area (Å²) in [6, 6.07) is 0.276. The molecule has 0 bridgehead atoms. The molecule has 0 aromatic heterocycles. The number of carbonyl (C=O) groups is 1. The number of amides is 1. The van der Waals surface area contributed by atoms with Gasteiger partial charge >= 0.3 is 0 Å². The highest BCUT2D eigenvalue weighted by molar-refractivity contribution is 5.79. The summed E-state index contributed by atoms with van der Waals surface area (Å²) in [5.74, 6) is 0.819. The van der Waals surface area contributed by atoms with E-state index in [1.807, 2.05) is 6.92 Å². The molecule has 4 unspecified atom stereocenters. The van der Waals surface area contributed by atoms with Gasteiger partial charge in [0.2, 0.25) is 5.91 Å². The Hall–Kier alpha value is -0.610. The normalized spacial score (nSPS) is 36.2. The van der Waals surface area contributed by atoms with Crippen LogP contribution < -0.4 is 10.6 Å². The topological polar surface area (TPSA) is 50.4 Å². The lowest BCUT2D eigenvalue weighted by atomic mass is 9.99. The van der Waals surface area contributed by atoms with Gasteiger partial charge in [-0.2, -0.15) is 0 Å². The van der Waals surface area contributed by atoms with Gasteiger partial charge in [0.15, 0.2) is 0 Å². The van der Waals surface area contributed by atoms with Crippen molar-refractivity contribution in [3.63, 3.8) is 0 Å². The number of carbonyl (C=O) groups excluding carboxylic acids is 1. The molecule has 0 aromatic rings. The first kappa shape index (κ1) is 11.9. The van der Waals surface area contributed by atoms with Gasteiger partial charge in [-0.3, -0.25) is 4.79 Å². The molecule has 0 saturated carbocycles. The van der Waals surface area contributed by atoms with Gasteiger partial charge in [-0.1, -0.05) is 0 Å². The first-order valence-corrected chi connectivity index (χ1v) is 6.29. The minimum Gasteiger partial charge on any atom is -0.378 e. The third-order valence-electron chi connectivity index (χ3n) is 3.74. The van der Waals surface area contributed by atoms with Crippen LogP contribution in [0.15, 0.2) is 0 Å². The van der Waals surface area contributed by atoms with Gasteiger partial charge in [-0.05, 0) is 45.7 Å². The maximum atomic E-state index is 11.9. The van der Waals surface area contributed by atoms with Gasteiger partial charge in [-0.25, -0.2) is 0 Å². The number of ether oxygens (including phenoxy) is 1. The molecule has 1 amide bonds. The Bertz CT molecular complexity index is 251. The van der Waals surface area contributed by atoms with E-state index in [1.165, 1.54) is 6.42 Å². The molecule has 16 heavy (non-hydrogen) atoms. The van der Waals surface area contributed by atoms with E-state index in [0.717, 1.165) is 19.5 Å². The third kappa shape index (κ3) is 2.74. The molecular formula is C12H22N2O2. The monoisotopic (exact) mass is 226 g/mol. The first-order valence-electron chi connectivity index (χ1n) is 6.29. The second-order valence-corrected chi connectivity index (χ2v) is 5.13. The minimum atomic E-state index is 0.0619. The van der Waals surface area contributed by atoms with E-state index in [2.05, 4.69) is 17.6 Å². The van der Waals surface area contributed by atoms with Crippen LogP contribution in [-0.4, -0.2) is 37.7 Å².